The van der Waals surface area contributed by atoms with Gasteiger partial charge in [-0.05, 0) is 34.1 Å². The Balaban J connectivity index is 2.29. The van der Waals surface area contributed by atoms with Gasteiger partial charge in [-0.15, -0.1) is 0 Å². The van der Waals surface area contributed by atoms with Crippen LogP contribution in [-0.2, 0) is 4.74 Å². The lowest BCUT2D eigenvalue weighted by Crippen LogP contribution is -2.41. The van der Waals surface area contributed by atoms with Crippen molar-refractivity contribution in [1.82, 2.24) is 0 Å². The van der Waals surface area contributed by atoms with Crippen molar-refractivity contribution < 1.29 is 14.4 Å². The molecule has 0 aromatic heterocycles. The minimum absolute atomic E-state index is 0.0193. The molecule has 6 heteroatoms. The quantitative estimate of drug-likeness (QED) is 0.666. The summed E-state index contributed by atoms with van der Waals surface area (Å²) >= 11 is 0. The molecular weight excluding hydrogens is 272 g/mol. The topological polar surface area (TPSA) is 73.6 Å². The number of non-ortho nitro benzene ring substituents is 1. The van der Waals surface area contributed by atoms with Crippen molar-refractivity contribution in [3.05, 3.63) is 28.3 Å². The number of hydrogen-bond acceptors (Lipinski definition) is 5. The highest BCUT2D eigenvalue weighted by Gasteiger charge is 2.37. The predicted molar refractivity (Wildman–Crippen MR) is 80.9 cm³/mol. The third kappa shape index (κ3) is 3.64. The van der Waals surface area contributed by atoms with Crippen molar-refractivity contribution in [2.75, 3.05) is 11.9 Å². The van der Waals surface area contributed by atoms with Crippen molar-refractivity contribution >= 4 is 11.4 Å². The molecular formula is C15H22N2O4. The monoisotopic (exact) mass is 294 g/mol. The number of nitrogens with one attached hydrogen (secondary N) is 1. The molecule has 1 aromatic carbocycles. The van der Waals surface area contributed by atoms with Gasteiger partial charge >= 0.3 is 0 Å². The molecule has 2 atom stereocenters. The number of anilines is 1. The molecule has 0 saturated carbocycles. The molecule has 1 saturated heterocycles. The average molecular weight is 294 g/mol. The molecule has 0 spiro atoms. The Kier molecular flexibility index (Phi) is 4.37. The second-order valence-corrected chi connectivity index (χ2v) is 5.94. The first-order valence-electron chi connectivity index (χ1n) is 7.16. The molecule has 1 N–H and O–H groups in total. The highest BCUT2D eigenvalue weighted by atomic mass is 16.6. The summed E-state index contributed by atoms with van der Waals surface area (Å²) in [5.41, 5.74) is 0.468. The number of rotatable bonds is 5. The van der Waals surface area contributed by atoms with Crippen molar-refractivity contribution in [3.8, 4) is 5.75 Å². The zero-order valence-corrected chi connectivity index (χ0v) is 12.9. The summed E-state index contributed by atoms with van der Waals surface area (Å²) in [6, 6.07) is 4.77. The van der Waals surface area contributed by atoms with Crippen LogP contribution in [-0.4, -0.2) is 29.3 Å². The van der Waals surface area contributed by atoms with Gasteiger partial charge in [-0.1, -0.05) is 0 Å². The van der Waals surface area contributed by atoms with Gasteiger partial charge in [0.05, 0.1) is 28.7 Å². The first-order valence-corrected chi connectivity index (χ1v) is 7.16. The SMILES string of the molecule is CC(C)Oc1cc(NC2(C)CCOC2C)cc([N+](=O)[O-])c1. The number of nitrogens with zero attached hydrogens (tertiary/aromatic N) is 1. The summed E-state index contributed by atoms with van der Waals surface area (Å²) in [4.78, 5) is 10.7. The van der Waals surface area contributed by atoms with Crippen LogP contribution in [0.4, 0.5) is 11.4 Å². The molecule has 2 rings (SSSR count). The lowest BCUT2D eigenvalue weighted by atomic mass is 9.94. The second kappa shape index (κ2) is 5.89. The van der Waals surface area contributed by atoms with Crippen LogP contribution >= 0.6 is 0 Å². The highest BCUT2D eigenvalue weighted by Crippen LogP contribution is 2.33. The number of nitro groups is 1. The summed E-state index contributed by atoms with van der Waals surface area (Å²) in [6.07, 6.45) is 0.868. The van der Waals surface area contributed by atoms with E-state index in [-0.39, 0.29) is 23.4 Å². The lowest BCUT2D eigenvalue weighted by molar-refractivity contribution is -0.384. The third-order valence-corrected chi connectivity index (χ3v) is 3.79. The molecule has 1 heterocycles. The molecule has 0 amide bonds. The van der Waals surface area contributed by atoms with Crippen LogP contribution in [0, 0.1) is 10.1 Å². The van der Waals surface area contributed by atoms with E-state index in [4.69, 9.17) is 9.47 Å². The standard InChI is InChI=1S/C15H22N2O4/c1-10(2)21-14-8-12(7-13(9-14)17(18)19)16-15(4)5-6-20-11(15)3/h7-11,16H,5-6H2,1-4H3. The summed E-state index contributed by atoms with van der Waals surface area (Å²) in [7, 11) is 0. The first kappa shape index (κ1) is 15.6. The van der Waals surface area contributed by atoms with E-state index in [0.717, 1.165) is 6.42 Å². The van der Waals surface area contributed by atoms with Gasteiger partial charge in [-0.3, -0.25) is 10.1 Å². The molecule has 21 heavy (non-hydrogen) atoms. The Hall–Kier alpha value is -1.82. The molecule has 6 nitrogen and oxygen atoms in total. The zero-order valence-electron chi connectivity index (χ0n) is 12.9. The molecule has 0 radical (unpaired) electrons. The number of hydrogen-bond donors (Lipinski definition) is 1. The Labute approximate surface area is 124 Å². The molecule has 1 aliphatic heterocycles. The normalized spacial score (nSPS) is 25.1. The Bertz CT molecular complexity index is 532. The average Bonchev–Trinajstić information content (AvgIpc) is 2.67. The smallest absolute Gasteiger partial charge is 0.275 e. The van der Waals surface area contributed by atoms with Crippen LogP contribution in [0.15, 0.2) is 18.2 Å². The van der Waals surface area contributed by atoms with Gasteiger partial charge in [0, 0.05) is 24.4 Å². The van der Waals surface area contributed by atoms with Crippen LogP contribution in [0.2, 0.25) is 0 Å². The van der Waals surface area contributed by atoms with E-state index in [1.165, 1.54) is 12.1 Å². The van der Waals surface area contributed by atoms with E-state index < -0.39 is 4.92 Å². The van der Waals surface area contributed by atoms with E-state index in [1.54, 1.807) is 6.07 Å². The summed E-state index contributed by atoms with van der Waals surface area (Å²) in [6.45, 7) is 8.53. The van der Waals surface area contributed by atoms with Crippen LogP contribution in [0.3, 0.4) is 0 Å². The minimum atomic E-state index is -0.407. The van der Waals surface area contributed by atoms with Gasteiger partial charge in [-0.2, -0.15) is 0 Å². The van der Waals surface area contributed by atoms with Crippen molar-refractivity contribution in [2.24, 2.45) is 0 Å². The maximum atomic E-state index is 11.1. The van der Waals surface area contributed by atoms with E-state index in [1.807, 2.05) is 20.8 Å². The largest absolute Gasteiger partial charge is 0.491 e. The molecule has 116 valence electrons. The Morgan fingerprint density at radius 3 is 2.71 bits per heavy atom. The van der Waals surface area contributed by atoms with Gasteiger partial charge in [0.1, 0.15) is 5.75 Å². The summed E-state index contributed by atoms with van der Waals surface area (Å²) < 4.78 is 11.2. The highest BCUT2D eigenvalue weighted by molar-refractivity contribution is 5.57. The van der Waals surface area contributed by atoms with Crippen LogP contribution in [0.5, 0.6) is 5.75 Å². The van der Waals surface area contributed by atoms with Gasteiger partial charge < -0.3 is 14.8 Å². The maximum Gasteiger partial charge on any atom is 0.275 e. The second-order valence-electron chi connectivity index (χ2n) is 5.94. The van der Waals surface area contributed by atoms with Crippen molar-refractivity contribution in [2.45, 2.75) is 51.9 Å². The minimum Gasteiger partial charge on any atom is -0.491 e. The first-order chi connectivity index (χ1) is 9.80. The zero-order chi connectivity index (χ0) is 15.6. The van der Waals surface area contributed by atoms with Crippen LogP contribution < -0.4 is 10.1 Å². The lowest BCUT2D eigenvalue weighted by Gasteiger charge is -2.30. The van der Waals surface area contributed by atoms with E-state index in [9.17, 15) is 10.1 Å². The van der Waals surface area contributed by atoms with E-state index in [0.29, 0.717) is 18.0 Å². The Morgan fingerprint density at radius 1 is 1.48 bits per heavy atom. The Morgan fingerprint density at radius 2 is 2.19 bits per heavy atom. The summed E-state index contributed by atoms with van der Waals surface area (Å²) in [5, 5.41) is 14.4. The predicted octanol–water partition coefficient (Wildman–Crippen LogP) is 3.36. The fourth-order valence-corrected chi connectivity index (χ4v) is 2.43. The van der Waals surface area contributed by atoms with Gasteiger partial charge in [-0.25, -0.2) is 0 Å². The third-order valence-electron chi connectivity index (χ3n) is 3.79. The summed E-state index contributed by atoms with van der Waals surface area (Å²) in [5.74, 6) is 0.497. The van der Waals surface area contributed by atoms with Crippen molar-refractivity contribution in [1.29, 1.82) is 0 Å². The fraction of sp³-hybridized carbons (Fsp3) is 0.600. The number of benzene rings is 1. The molecule has 0 aliphatic carbocycles. The number of ether oxygens (including phenoxy) is 2. The number of nitro benzene ring substituents is 1. The molecule has 1 fully saturated rings. The van der Waals surface area contributed by atoms with Gasteiger partial charge in [0.15, 0.2) is 0 Å². The molecule has 1 aliphatic rings. The van der Waals surface area contributed by atoms with E-state index in [2.05, 4.69) is 12.2 Å². The molecule has 2 unspecified atom stereocenters. The maximum absolute atomic E-state index is 11.1. The molecule has 1 aromatic rings. The van der Waals surface area contributed by atoms with E-state index >= 15 is 0 Å². The van der Waals surface area contributed by atoms with Crippen LogP contribution in [0.1, 0.15) is 34.1 Å². The van der Waals surface area contributed by atoms with Crippen molar-refractivity contribution in [3.63, 3.8) is 0 Å². The molecule has 0 bridgehead atoms. The fourth-order valence-electron chi connectivity index (χ4n) is 2.43. The van der Waals surface area contributed by atoms with Gasteiger partial charge in [0.25, 0.3) is 5.69 Å². The van der Waals surface area contributed by atoms with Crippen LogP contribution in [0.25, 0.3) is 0 Å². The van der Waals surface area contributed by atoms with Gasteiger partial charge in [0.2, 0.25) is 0 Å².